The van der Waals surface area contributed by atoms with Gasteiger partial charge in [0.1, 0.15) is 5.60 Å². The van der Waals surface area contributed by atoms with Crippen molar-refractivity contribution in [1.82, 2.24) is 0 Å². The zero-order chi connectivity index (χ0) is 7.33. The lowest BCUT2D eigenvalue weighted by Crippen LogP contribution is -2.25. The molecule has 9 heavy (non-hydrogen) atoms. The van der Waals surface area contributed by atoms with E-state index in [4.69, 9.17) is 9.99 Å². The lowest BCUT2D eigenvalue weighted by atomic mass is 10.1. The summed E-state index contributed by atoms with van der Waals surface area (Å²) >= 11 is 0. The van der Waals surface area contributed by atoms with Crippen LogP contribution in [0.4, 0.5) is 0 Å². The molecule has 0 bridgehead atoms. The highest BCUT2D eigenvalue weighted by atomic mass is 17.2. The van der Waals surface area contributed by atoms with Crippen molar-refractivity contribution in [3.63, 3.8) is 0 Å². The van der Waals surface area contributed by atoms with Crippen LogP contribution in [0.15, 0.2) is 0 Å². The van der Waals surface area contributed by atoms with Crippen LogP contribution in [0.2, 0.25) is 0 Å². The van der Waals surface area contributed by atoms with Gasteiger partial charge in [0.15, 0.2) is 0 Å². The summed E-state index contributed by atoms with van der Waals surface area (Å²) in [7, 11) is 1.46. The Morgan fingerprint density at radius 3 is 2.33 bits per heavy atom. The summed E-state index contributed by atoms with van der Waals surface area (Å²) in [5.74, 6) is 0. The van der Waals surface area contributed by atoms with Crippen LogP contribution in [0.5, 0.6) is 0 Å². The monoisotopic (exact) mass is 134 g/mol. The molecule has 0 atom stereocenters. The topological polar surface area (TPSA) is 38.7 Å². The second-order valence-corrected chi connectivity index (χ2v) is 2.48. The van der Waals surface area contributed by atoms with Gasteiger partial charge in [-0.1, -0.05) is 0 Å². The van der Waals surface area contributed by atoms with E-state index in [0.29, 0.717) is 6.42 Å². The van der Waals surface area contributed by atoms with Gasteiger partial charge >= 0.3 is 0 Å². The minimum Gasteiger partial charge on any atom is -0.396 e. The zero-order valence-electron chi connectivity index (χ0n) is 6.18. The first-order valence-corrected chi connectivity index (χ1v) is 2.95. The minimum absolute atomic E-state index is 0.121. The van der Waals surface area contributed by atoms with Gasteiger partial charge in [-0.3, -0.25) is 0 Å². The van der Waals surface area contributed by atoms with E-state index in [9.17, 15) is 0 Å². The van der Waals surface area contributed by atoms with Gasteiger partial charge in [0, 0.05) is 13.0 Å². The highest BCUT2D eigenvalue weighted by molar-refractivity contribution is 4.64. The first-order chi connectivity index (χ1) is 4.12. The molecule has 3 nitrogen and oxygen atoms in total. The Labute approximate surface area is 55.5 Å². The number of hydrogen-bond donors (Lipinski definition) is 1. The molecule has 0 saturated carbocycles. The van der Waals surface area contributed by atoms with Gasteiger partial charge in [-0.15, -0.1) is 0 Å². The molecule has 56 valence electrons. The fraction of sp³-hybridized carbons (Fsp3) is 1.00. The largest absolute Gasteiger partial charge is 0.396 e. The van der Waals surface area contributed by atoms with E-state index in [1.807, 2.05) is 13.8 Å². The molecular weight excluding hydrogens is 120 g/mol. The Hall–Kier alpha value is -0.120. The van der Waals surface area contributed by atoms with Crippen molar-refractivity contribution in [1.29, 1.82) is 0 Å². The van der Waals surface area contributed by atoms with Crippen LogP contribution in [-0.2, 0) is 9.78 Å². The van der Waals surface area contributed by atoms with E-state index >= 15 is 0 Å². The predicted octanol–water partition coefficient (Wildman–Crippen LogP) is 0.725. The molecule has 0 amide bonds. The van der Waals surface area contributed by atoms with E-state index in [0.717, 1.165) is 0 Å². The summed E-state index contributed by atoms with van der Waals surface area (Å²) < 4.78 is 0. The third-order valence-electron chi connectivity index (χ3n) is 1.02. The first kappa shape index (κ1) is 8.88. The van der Waals surface area contributed by atoms with Gasteiger partial charge in [0.2, 0.25) is 0 Å². The van der Waals surface area contributed by atoms with E-state index in [1.165, 1.54) is 7.11 Å². The molecule has 0 aliphatic heterocycles. The van der Waals surface area contributed by atoms with Crippen LogP contribution in [0.25, 0.3) is 0 Å². The molecule has 0 aliphatic carbocycles. The molecule has 0 saturated heterocycles. The maximum absolute atomic E-state index is 8.49. The highest BCUT2D eigenvalue weighted by Crippen LogP contribution is 2.12. The summed E-state index contributed by atoms with van der Waals surface area (Å²) in [5, 5.41) is 8.49. The van der Waals surface area contributed by atoms with Gasteiger partial charge in [0.25, 0.3) is 0 Å². The summed E-state index contributed by atoms with van der Waals surface area (Å²) in [6, 6.07) is 0. The van der Waals surface area contributed by atoms with Gasteiger partial charge in [-0.05, 0) is 13.8 Å². The fourth-order valence-electron chi connectivity index (χ4n) is 0.537. The van der Waals surface area contributed by atoms with Gasteiger partial charge in [0.05, 0.1) is 7.11 Å². The van der Waals surface area contributed by atoms with Crippen LogP contribution in [0.3, 0.4) is 0 Å². The molecule has 0 heterocycles. The Morgan fingerprint density at radius 1 is 1.44 bits per heavy atom. The Kier molecular flexibility index (Phi) is 3.77. The maximum atomic E-state index is 8.49. The fourth-order valence-corrected chi connectivity index (χ4v) is 0.537. The molecule has 0 aromatic carbocycles. The molecular formula is C6H14O3. The van der Waals surface area contributed by atoms with Crippen molar-refractivity contribution in [3.05, 3.63) is 0 Å². The van der Waals surface area contributed by atoms with Gasteiger partial charge in [-0.2, -0.15) is 0 Å². The van der Waals surface area contributed by atoms with E-state index in [1.54, 1.807) is 0 Å². The molecule has 0 radical (unpaired) electrons. The summed E-state index contributed by atoms with van der Waals surface area (Å²) in [5.41, 5.74) is -0.372. The average molecular weight is 134 g/mol. The number of aliphatic hydroxyl groups excluding tert-OH is 1. The molecule has 0 unspecified atom stereocenters. The smallest absolute Gasteiger partial charge is 0.100 e. The standard InChI is InChI=1S/C6H14O3/c1-6(2,4-5-7)9-8-3/h7H,4-5H2,1-3H3. The van der Waals surface area contributed by atoms with Crippen LogP contribution in [-0.4, -0.2) is 24.4 Å². The van der Waals surface area contributed by atoms with Crippen molar-refractivity contribution in [3.8, 4) is 0 Å². The SMILES string of the molecule is COOC(C)(C)CCO. The lowest BCUT2D eigenvalue weighted by Gasteiger charge is -2.20. The van der Waals surface area contributed by atoms with Crippen molar-refractivity contribution in [2.75, 3.05) is 13.7 Å². The van der Waals surface area contributed by atoms with E-state index in [-0.39, 0.29) is 12.2 Å². The third kappa shape index (κ3) is 4.39. The number of hydrogen-bond acceptors (Lipinski definition) is 3. The Morgan fingerprint density at radius 2 is 2.00 bits per heavy atom. The maximum Gasteiger partial charge on any atom is 0.100 e. The molecule has 1 N–H and O–H groups in total. The van der Waals surface area contributed by atoms with Crippen molar-refractivity contribution in [2.24, 2.45) is 0 Å². The van der Waals surface area contributed by atoms with E-state index in [2.05, 4.69) is 4.89 Å². The van der Waals surface area contributed by atoms with Crippen LogP contribution >= 0.6 is 0 Å². The third-order valence-corrected chi connectivity index (χ3v) is 1.02. The predicted molar refractivity (Wildman–Crippen MR) is 33.9 cm³/mol. The Bertz CT molecular complexity index is 62.7. The summed E-state index contributed by atoms with van der Waals surface area (Å²) in [6.45, 7) is 3.83. The van der Waals surface area contributed by atoms with Crippen molar-refractivity contribution >= 4 is 0 Å². The highest BCUT2D eigenvalue weighted by Gasteiger charge is 2.17. The van der Waals surface area contributed by atoms with Crippen molar-refractivity contribution < 1.29 is 14.9 Å². The molecule has 0 fully saturated rings. The molecule has 0 rings (SSSR count). The summed E-state index contributed by atoms with van der Waals surface area (Å²) in [6.07, 6.45) is 0.584. The minimum atomic E-state index is -0.372. The van der Waals surface area contributed by atoms with Crippen molar-refractivity contribution in [2.45, 2.75) is 25.9 Å². The molecule has 0 aromatic rings. The molecule has 0 aliphatic rings. The van der Waals surface area contributed by atoms with Crippen LogP contribution < -0.4 is 0 Å². The Balaban J connectivity index is 3.43. The van der Waals surface area contributed by atoms with Crippen LogP contribution in [0, 0.1) is 0 Å². The zero-order valence-corrected chi connectivity index (χ0v) is 6.18. The van der Waals surface area contributed by atoms with Gasteiger partial charge < -0.3 is 5.11 Å². The average Bonchev–Trinajstić information content (AvgIpc) is 1.64. The molecule has 0 spiro atoms. The second-order valence-electron chi connectivity index (χ2n) is 2.48. The quantitative estimate of drug-likeness (QED) is 0.455. The van der Waals surface area contributed by atoms with Crippen LogP contribution in [0.1, 0.15) is 20.3 Å². The number of aliphatic hydroxyl groups is 1. The summed E-state index contributed by atoms with van der Waals surface area (Å²) in [4.78, 5) is 9.26. The van der Waals surface area contributed by atoms with E-state index < -0.39 is 0 Å². The lowest BCUT2D eigenvalue weighted by molar-refractivity contribution is -0.337. The van der Waals surface area contributed by atoms with Gasteiger partial charge in [-0.25, -0.2) is 9.78 Å². The first-order valence-electron chi connectivity index (χ1n) is 2.95. The second kappa shape index (κ2) is 3.82. The molecule has 3 heteroatoms. The normalized spacial score (nSPS) is 12.0. The number of rotatable bonds is 4. The molecule has 0 aromatic heterocycles.